The third kappa shape index (κ3) is 5.85. The molecule has 4 heteroatoms. The number of hydrogen-bond donors (Lipinski definition) is 2. The van der Waals surface area contributed by atoms with Gasteiger partial charge in [0.2, 0.25) is 0 Å². The molecule has 1 atom stereocenters. The van der Waals surface area contributed by atoms with Gasteiger partial charge in [-0.15, -0.1) is 0 Å². The highest BCUT2D eigenvalue weighted by Gasteiger charge is 2.10. The van der Waals surface area contributed by atoms with Crippen LogP contribution in [-0.2, 0) is 4.79 Å². The summed E-state index contributed by atoms with van der Waals surface area (Å²) in [7, 11) is 0. The Morgan fingerprint density at radius 1 is 1.58 bits per heavy atom. The zero-order valence-corrected chi connectivity index (χ0v) is 7.84. The largest absolute Gasteiger partial charge is 0.388 e. The summed E-state index contributed by atoms with van der Waals surface area (Å²) in [6.07, 6.45) is 1.68. The van der Waals surface area contributed by atoms with E-state index in [1.807, 2.05) is 0 Å². The maximum atomic E-state index is 10.7. The van der Waals surface area contributed by atoms with Crippen molar-refractivity contribution >= 4 is 11.6 Å². The van der Waals surface area contributed by atoms with Gasteiger partial charge in [-0.25, -0.2) is 0 Å². The minimum atomic E-state index is -0.0849. The van der Waals surface area contributed by atoms with Crippen LogP contribution < -0.4 is 11.5 Å². The Bertz CT molecular complexity index is 173. The number of quaternary nitrogens is 1. The minimum Gasteiger partial charge on any atom is -0.388 e. The summed E-state index contributed by atoms with van der Waals surface area (Å²) in [5.41, 5.74) is 9.06. The van der Waals surface area contributed by atoms with Crippen molar-refractivity contribution in [3.8, 4) is 0 Å². The van der Waals surface area contributed by atoms with Crippen molar-refractivity contribution in [2.75, 3.05) is 6.54 Å². The van der Waals surface area contributed by atoms with Gasteiger partial charge < -0.3 is 11.5 Å². The van der Waals surface area contributed by atoms with Crippen molar-refractivity contribution in [1.82, 2.24) is 0 Å². The first kappa shape index (κ1) is 11.1. The fourth-order valence-corrected chi connectivity index (χ4v) is 0.796. The number of carbonyl (C=O) groups is 1. The Kier molecular flexibility index (Phi) is 5.28. The fourth-order valence-electron chi connectivity index (χ4n) is 0.796. The quantitative estimate of drug-likeness (QED) is 0.328. The van der Waals surface area contributed by atoms with Crippen LogP contribution >= 0.6 is 0 Å². The number of hydrogen-bond acceptors (Lipinski definition) is 2. The molecule has 0 bridgehead atoms. The number of nitrogens with zero attached hydrogens (tertiary/aromatic N) is 1. The lowest BCUT2D eigenvalue weighted by Gasteiger charge is -2.01. The normalized spacial score (nSPS) is 14.4. The number of Topliss-reactive ketones (excluding diaryl/α,β-unsaturated/α-hetero) is 1. The molecule has 1 unspecified atom stereocenters. The molecule has 0 aliphatic heterocycles. The Morgan fingerprint density at radius 2 is 2.17 bits per heavy atom. The molecule has 0 aromatic rings. The van der Waals surface area contributed by atoms with Gasteiger partial charge in [0.15, 0.2) is 5.78 Å². The summed E-state index contributed by atoms with van der Waals surface area (Å²) in [4.78, 5) is 14.8. The molecule has 12 heavy (non-hydrogen) atoms. The molecule has 70 valence electrons. The lowest BCUT2D eigenvalue weighted by molar-refractivity contribution is -0.404. The van der Waals surface area contributed by atoms with Crippen LogP contribution in [0.5, 0.6) is 0 Å². The molecule has 0 spiro atoms. The number of rotatable bonds is 5. The molecule has 4 nitrogen and oxygen atoms in total. The van der Waals surface area contributed by atoms with E-state index in [0.29, 0.717) is 12.4 Å². The molecule has 0 aliphatic rings. The molecule has 0 saturated heterocycles. The van der Waals surface area contributed by atoms with Gasteiger partial charge in [0.05, 0.1) is 5.84 Å². The van der Waals surface area contributed by atoms with E-state index in [1.54, 1.807) is 13.8 Å². The van der Waals surface area contributed by atoms with Gasteiger partial charge >= 0.3 is 0 Å². The third-order valence-corrected chi connectivity index (χ3v) is 1.65. The average molecular weight is 172 g/mol. The van der Waals surface area contributed by atoms with Gasteiger partial charge in [0.25, 0.3) is 0 Å². The van der Waals surface area contributed by atoms with Crippen molar-refractivity contribution < 1.29 is 10.5 Å². The standard InChI is InChI=1S/C8H17N3O/c1-6(12)8(10)4-3-5-11-7(2)9/h8H,3-5,10H2,1-2H3,(H2,9,11)/p+1. The molecule has 0 aliphatic carbocycles. The number of amidine groups is 1. The maximum absolute atomic E-state index is 10.7. The van der Waals surface area contributed by atoms with E-state index in [9.17, 15) is 4.79 Å². The molecule has 0 radical (unpaired) electrons. The fraction of sp³-hybridized carbons (Fsp3) is 0.750. The number of aliphatic imine (C=N–C) groups is 1. The van der Waals surface area contributed by atoms with Gasteiger partial charge in [0, 0.05) is 19.9 Å². The van der Waals surface area contributed by atoms with E-state index in [2.05, 4.69) is 10.7 Å². The monoisotopic (exact) mass is 172 g/mol. The maximum Gasteiger partial charge on any atom is 0.186 e. The summed E-state index contributed by atoms with van der Waals surface area (Å²) in [5, 5.41) is 0. The molecular weight excluding hydrogens is 154 g/mol. The second kappa shape index (κ2) is 5.71. The van der Waals surface area contributed by atoms with Crippen molar-refractivity contribution in [1.29, 1.82) is 0 Å². The Balaban J connectivity index is 3.44. The molecule has 0 heterocycles. The van der Waals surface area contributed by atoms with E-state index >= 15 is 0 Å². The highest BCUT2D eigenvalue weighted by Crippen LogP contribution is 1.94. The summed E-state index contributed by atoms with van der Waals surface area (Å²) in [6.45, 7) is 4.02. The Morgan fingerprint density at radius 3 is 2.58 bits per heavy atom. The third-order valence-electron chi connectivity index (χ3n) is 1.65. The topological polar surface area (TPSA) is 83.1 Å². The zero-order valence-electron chi connectivity index (χ0n) is 7.84. The second-order valence-corrected chi connectivity index (χ2v) is 2.97. The van der Waals surface area contributed by atoms with Gasteiger partial charge in [-0.2, -0.15) is 0 Å². The van der Waals surface area contributed by atoms with Gasteiger partial charge in [-0.3, -0.25) is 9.79 Å². The lowest BCUT2D eigenvalue weighted by Crippen LogP contribution is -2.64. The molecule has 0 saturated carbocycles. The predicted molar refractivity (Wildman–Crippen MR) is 48.8 cm³/mol. The molecule has 0 fully saturated rings. The van der Waals surface area contributed by atoms with Crippen molar-refractivity contribution in [3.63, 3.8) is 0 Å². The first-order chi connectivity index (χ1) is 5.54. The molecule has 0 rings (SSSR count). The van der Waals surface area contributed by atoms with Gasteiger partial charge in [-0.05, 0) is 13.3 Å². The highest BCUT2D eigenvalue weighted by molar-refractivity contribution is 5.79. The van der Waals surface area contributed by atoms with Crippen LogP contribution in [0.2, 0.25) is 0 Å². The number of ketones is 1. The Labute approximate surface area is 73.0 Å². The first-order valence-corrected chi connectivity index (χ1v) is 4.14. The van der Waals surface area contributed by atoms with Crippen molar-refractivity contribution in [2.45, 2.75) is 32.7 Å². The van der Waals surface area contributed by atoms with Crippen LogP contribution in [0.1, 0.15) is 26.7 Å². The minimum absolute atomic E-state index is 0.0849. The summed E-state index contributed by atoms with van der Waals surface area (Å²) in [6, 6.07) is -0.0849. The number of carbonyl (C=O) groups excluding carboxylic acids is 1. The summed E-state index contributed by atoms with van der Waals surface area (Å²) < 4.78 is 0. The molecular formula is C8H18N3O+. The SMILES string of the molecule is CC(=O)C([NH3+])CCCN=C(C)N. The van der Waals surface area contributed by atoms with Crippen molar-refractivity contribution in [2.24, 2.45) is 10.7 Å². The van der Waals surface area contributed by atoms with E-state index in [-0.39, 0.29) is 11.8 Å². The van der Waals surface area contributed by atoms with Crippen LogP contribution in [0, 0.1) is 0 Å². The van der Waals surface area contributed by atoms with E-state index in [4.69, 9.17) is 5.73 Å². The molecule has 5 N–H and O–H groups in total. The van der Waals surface area contributed by atoms with Gasteiger partial charge in [0.1, 0.15) is 6.04 Å². The van der Waals surface area contributed by atoms with E-state index in [1.165, 1.54) is 0 Å². The lowest BCUT2D eigenvalue weighted by atomic mass is 10.1. The molecule has 0 aromatic heterocycles. The van der Waals surface area contributed by atoms with E-state index < -0.39 is 0 Å². The second-order valence-electron chi connectivity index (χ2n) is 2.97. The Hall–Kier alpha value is -0.900. The van der Waals surface area contributed by atoms with Crippen LogP contribution in [0.15, 0.2) is 4.99 Å². The highest BCUT2D eigenvalue weighted by atomic mass is 16.1. The summed E-state index contributed by atoms with van der Waals surface area (Å²) >= 11 is 0. The average Bonchev–Trinajstić information content (AvgIpc) is 1.97. The van der Waals surface area contributed by atoms with Crippen LogP contribution in [0.3, 0.4) is 0 Å². The smallest absolute Gasteiger partial charge is 0.186 e. The molecule has 0 amide bonds. The molecule has 0 aromatic carbocycles. The predicted octanol–water partition coefficient (Wildman–Crippen LogP) is -0.657. The van der Waals surface area contributed by atoms with Crippen molar-refractivity contribution in [3.05, 3.63) is 0 Å². The number of nitrogens with two attached hydrogens (primary N) is 1. The summed E-state index contributed by atoms with van der Waals surface area (Å²) in [5.74, 6) is 0.738. The first-order valence-electron chi connectivity index (χ1n) is 4.14. The zero-order chi connectivity index (χ0) is 9.56. The van der Waals surface area contributed by atoms with Gasteiger partial charge in [-0.1, -0.05) is 0 Å². The van der Waals surface area contributed by atoms with Crippen LogP contribution in [0.25, 0.3) is 0 Å². The van der Waals surface area contributed by atoms with Crippen LogP contribution in [-0.4, -0.2) is 24.2 Å². The van der Waals surface area contributed by atoms with E-state index in [0.717, 1.165) is 12.8 Å². The van der Waals surface area contributed by atoms with Crippen LogP contribution in [0.4, 0.5) is 0 Å².